The lowest BCUT2D eigenvalue weighted by Gasteiger charge is -2.12. The summed E-state index contributed by atoms with van der Waals surface area (Å²) in [4.78, 5) is 0. The molecule has 18 heavy (non-hydrogen) atoms. The van der Waals surface area contributed by atoms with E-state index in [1.807, 2.05) is 7.05 Å². The van der Waals surface area contributed by atoms with Crippen molar-refractivity contribution in [2.75, 3.05) is 12.4 Å². The van der Waals surface area contributed by atoms with Crippen molar-refractivity contribution in [3.05, 3.63) is 54.1 Å². The molecule has 0 saturated heterocycles. The molecule has 2 rings (SSSR count). The monoisotopic (exact) mass is 239 g/mol. The molecule has 0 amide bonds. The molecule has 94 valence electrons. The van der Waals surface area contributed by atoms with Gasteiger partial charge >= 0.3 is 0 Å². The van der Waals surface area contributed by atoms with E-state index < -0.39 is 0 Å². The first-order valence-corrected chi connectivity index (χ1v) is 6.71. The summed E-state index contributed by atoms with van der Waals surface area (Å²) in [6.45, 7) is 2.24. The number of anilines is 1. The van der Waals surface area contributed by atoms with Crippen LogP contribution in [0.1, 0.15) is 25.3 Å². The Morgan fingerprint density at radius 3 is 2.44 bits per heavy atom. The molecule has 0 fully saturated rings. The summed E-state index contributed by atoms with van der Waals surface area (Å²) < 4.78 is 0. The Balaban J connectivity index is 2.41. The van der Waals surface area contributed by atoms with Crippen molar-refractivity contribution in [1.29, 1.82) is 0 Å². The zero-order valence-corrected chi connectivity index (χ0v) is 11.2. The van der Waals surface area contributed by atoms with Crippen LogP contribution in [-0.2, 0) is 6.42 Å². The molecular formula is C17H21N. The van der Waals surface area contributed by atoms with Crippen molar-refractivity contribution in [3.8, 4) is 11.1 Å². The van der Waals surface area contributed by atoms with Crippen LogP contribution >= 0.6 is 0 Å². The highest BCUT2D eigenvalue weighted by molar-refractivity contribution is 5.71. The molecule has 1 N–H and O–H groups in total. The number of nitrogens with one attached hydrogen (secondary N) is 1. The average Bonchev–Trinajstić information content (AvgIpc) is 2.46. The maximum atomic E-state index is 3.22. The Morgan fingerprint density at radius 2 is 1.78 bits per heavy atom. The SMILES string of the molecule is CCCCc1ccc(NC)cc1-c1ccccc1. The molecule has 1 heteroatoms. The van der Waals surface area contributed by atoms with E-state index in [4.69, 9.17) is 0 Å². The van der Waals surface area contributed by atoms with Gasteiger partial charge in [0, 0.05) is 12.7 Å². The second-order valence-corrected chi connectivity index (χ2v) is 4.59. The highest BCUT2D eigenvalue weighted by Crippen LogP contribution is 2.28. The minimum Gasteiger partial charge on any atom is -0.388 e. The molecule has 0 unspecified atom stereocenters. The van der Waals surface area contributed by atoms with Crippen LogP contribution < -0.4 is 5.32 Å². The summed E-state index contributed by atoms with van der Waals surface area (Å²) in [6.07, 6.45) is 3.64. The first kappa shape index (κ1) is 12.7. The third kappa shape index (κ3) is 2.92. The van der Waals surface area contributed by atoms with Gasteiger partial charge in [0.25, 0.3) is 0 Å². The Labute approximate surface area is 110 Å². The molecule has 0 bridgehead atoms. The average molecular weight is 239 g/mol. The van der Waals surface area contributed by atoms with Gasteiger partial charge in [0.15, 0.2) is 0 Å². The topological polar surface area (TPSA) is 12.0 Å². The van der Waals surface area contributed by atoms with Gasteiger partial charge in [0.05, 0.1) is 0 Å². The van der Waals surface area contributed by atoms with Crippen LogP contribution in [0.4, 0.5) is 5.69 Å². The van der Waals surface area contributed by atoms with Gasteiger partial charge in [-0.3, -0.25) is 0 Å². The first-order valence-electron chi connectivity index (χ1n) is 6.71. The van der Waals surface area contributed by atoms with Crippen LogP contribution in [0.15, 0.2) is 48.5 Å². The van der Waals surface area contributed by atoms with E-state index in [2.05, 4.69) is 60.8 Å². The first-order chi connectivity index (χ1) is 8.85. The summed E-state index contributed by atoms with van der Waals surface area (Å²) in [5.74, 6) is 0. The summed E-state index contributed by atoms with van der Waals surface area (Å²) >= 11 is 0. The molecule has 0 aromatic heterocycles. The zero-order valence-electron chi connectivity index (χ0n) is 11.2. The van der Waals surface area contributed by atoms with E-state index in [0.29, 0.717) is 0 Å². The minimum atomic E-state index is 1.16. The molecule has 0 saturated carbocycles. The predicted molar refractivity (Wildman–Crippen MR) is 80.0 cm³/mol. The lowest BCUT2D eigenvalue weighted by atomic mass is 9.95. The Hall–Kier alpha value is -1.76. The van der Waals surface area contributed by atoms with Gasteiger partial charge in [0.1, 0.15) is 0 Å². The second kappa shape index (κ2) is 6.25. The van der Waals surface area contributed by atoms with Crippen molar-refractivity contribution in [3.63, 3.8) is 0 Å². The molecule has 0 radical (unpaired) electrons. The molecule has 0 aliphatic carbocycles. The minimum absolute atomic E-state index is 1.16. The fourth-order valence-electron chi connectivity index (χ4n) is 2.20. The van der Waals surface area contributed by atoms with E-state index in [0.717, 1.165) is 6.42 Å². The van der Waals surface area contributed by atoms with Crippen LogP contribution in [0, 0.1) is 0 Å². The van der Waals surface area contributed by atoms with E-state index in [-0.39, 0.29) is 0 Å². The third-order valence-corrected chi connectivity index (χ3v) is 3.28. The molecule has 0 spiro atoms. The van der Waals surface area contributed by atoms with Crippen LogP contribution in [0.3, 0.4) is 0 Å². The fourth-order valence-corrected chi connectivity index (χ4v) is 2.20. The number of unbranched alkanes of at least 4 members (excludes halogenated alkanes) is 1. The van der Waals surface area contributed by atoms with Gasteiger partial charge in [-0.15, -0.1) is 0 Å². The van der Waals surface area contributed by atoms with Crippen LogP contribution in [0.2, 0.25) is 0 Å². The van der Waals surface area contributed by atoms with E-state index in [1.54, 1.807) is 0 Å². The van der Waals surface area contributed by atoms with Crippen molar-refractivity contribution in [2.24, 2.45) is 0 Å². The molecule has 1 nitrogen and oxygen atoms in total. The highest BCUT2D eigenvalue weighted by atomic mass is 14.8. The molecule has 0 aliphatic heterocycles. The van der Waals surface area contributed by atoms with Crippen LogP contribution in [0.5, 0.6) is 0 Å². The van der Waals surface area contributed by atoms with Crippen molar-refractivity contribution < 1.29 is 0 Å². The highest BCUT2D eigenvalue weighted by Gasteiger charge is 2.05. The molecule has 0 heterocycles. The molecule has 2 aromatic carbocycles. The second-order valence-electron chi connectivity index (χ2n) is 4.59. The largest absolute Gasteiger partial charge is 0.388 e. The summed E-state index contributed by atoms with van der Waals surface area (Å²) in [7, 11) is 1.97. The van der Waals surface area contributed by atoms with Crippen molar-refractivity contribution in [1.82, 2.24) is 0 Å². The van der Waals surface area contributed by atoms with E-state index >= 15 is 0 Å². The Kier molecular flexibility index (Phi) is 4.40. The lowest BCUT2D eigenvalue weighted by molar-refractivity contribution is 0.796. The number of benzene rings is 2. The standard InChI is InChI=1S/C17H21N/c1-3-4-8-15-11-12-16(18-2)13-17(15)14-9-6-5-7-10-14/h5-7,9-13,18H,3-4,8H2,1-2H3. The summed E-state index contributed by atoms with van der Waals surface area (Å²) in [6, 6.07) is 17.3. The zero-order chi connectivity index (χ0) is 12.8. The smallest absolute Gasteiger partial charge is 0.0343 e. The fraction of sp³-hybridized carbons (Fsp3) is 0.294. The molecule has 2 aromatic rings. The third-order valence-electron chi connectivity index (χ3n) is 3.28. The quantitative estimate of drug-likeness (QED) is 0.794. The maximum absolute atomic E-state index is 3.22. The number of aryl methyl sites for hydroxylation is 1. The van der Waals surface area contributed by atoms with Crippen LogP contribution in [-0.4, -0.2) is 7.05 Å². The van der Waals surface area contributed by atoms with Gasteiger partial charge in [-0.25, -0.2) is 0 Å². The van der Waals surface area contributed by atoms with Gasteiger partial charge in [0.2, 0.25) is 0 Å². The van der Waals surface area contributed by atoms with Crippen LogP contribution in [0.25, 0.3) is 11.1 Å². The van der Waals surface area contributed by atoms with Gasteiger partial charge in [-0.1, -0.05) is 49.7 Å². The van der Waals surface area contributed by atoms with Crippen molar-refractivity contribution >= 4 is 5.69 Å². The van der Waals surface area contributed by atoms with E-state index in [1.165, 1.54) is 35.2 Å². The molecule has 0 aliphatic rings. The van der Waals surface area contributed by atoms with E-state index in [9.17, 15) is 0 Å². The van der Waals surface area contributed by atoms with Gasteiger partial charge < -0.3 is 5.32 Å². The van der Waals surface area contributed by atoms with Gasteiger partial charge in [-0.05, 0) is 41.7 Å². The maximum Gasteiger partial charge on any atom is 0.0343 e. The molecule has 0 atom stereocenters. The Bertz CT molecular complexity index is 488. The lowest BCUT2D eigenvalue weighted by Crippen LogP contribution is -1.94. The Morgan fingerprint density at radius 1 is 1.00 bits per heavy atom. The normalized spacial score (nSPS) is 10.3. The summed E-state index contributed by atoms with van der Waals surface area (Å²) in [5.41, 5.74) is 5.28. The number of rotatable bonds is 5. The predicted octanol–water partition coefficient (Wildman–Crippen LogP) is 4.74. The number of hydrogen-bond acceptors (Lipinski definition) is 1. The number of hydrogen-bond donors (Lipinski definition) is 1. The molecular weight excluding hydrogens is 218 g/mol. The summed E-state index contributed by atoms with van der Waals surface area (Å²) in [5, 5.41) is 3.22. The van der Waals surface area contributed by atoms with Crippen molar-refractivity contribution in [2.45, 2.75) is 26.2 Å². The van der Waals surface area contributed by atoms with Gasteiger partial charge in [-0.2, -0.15) is 0 Å².